The summed E-state index contributed by atoms with van der Waals surface area (Å²) in [7, 11) is 0. The molecule has 0 aliphatic carbocycles. The van der Waals surface area contributed by atoms with E-state index in [1.165, 1.54) is 0 Å². The molecule has 0 radical (unpaired) electrons. The van der Waals surface area contributed by atoms with Crippen molar-refractivity contribution >= 4 is 65.0 Å². The van der Waals surface area contributed by atoms with Gasteiger partial charge in [0.1, 0.15) is 20.0 Å². The number of nitrogens with zero attached hydrogens (tertiary/aromatic N) is 3. The standard InChI is InChI=1S/C24H12F3N3/c25-4-10-1-13-7-28-23-11(5-26)2-15-9-30-24-12(6-27)3-14-8-29-22(10)19-16(13)20(23)18(15)21(24)17(14)19/h1-3,7-9H,4-6H2. The number of hydrogen-bond donors (Lipinski definition) is 0. The highest BCUT2D eigenvalue weighted by atomic mass is 19.1. The lowest BCUT2D eigenvalue weighted by Gasteiger charge is -2.21. The summed E-state index contributed by atoms with van der Waals surface area (Å²) in [5.41, 5.74) is 3.17. The molecule has 7 aromatic rings. The maximum absolute atomic E-state index is 13.9. The number of hydrogen-bond acceptors (Lipinski definition) is 3. The Morgan fingerprint density at radius 2 is 0.767 bits per heavy atom. The monoisotopic (exact) mass is 399 g/mol. The first-order valence-electron chi connectivity index (χ1n) is 9.66. The van der Waals surface area contributed by atoms with E-state index >= 15 is 0 Å². The van der Waals surface area contributed by atoms with Crippen LogP contribution in [0.15, 0.2) is 36.8 Å². The Morgan fingerprint density at radius 1 is 0.467 bits per heavy atom. The van der Waals surface area contributed by atoms with E-state index in [2.05, 4.69) is 15.0 Å². The van der Waals surface area contributed by atoms with E-state index in [4.69, 9.17) is 0 Å². The lowest BCUT2D eigenvalue weighted by molar-refractivity contribution is 0.487. The fourth-order valence-electron chi connectivity index (χ4n) is 5.25. The van der Waals surface area contributed by atoms with Gasteiger partial charge in [0.2, 0.25) is 0 Å². The number of aromatic nitrogens is 3. The Balaban J connectivity index is 1.98. The summed E-state index contributed by atoms with van der Waals surface area (Å²) in [6.45, 7) is -1.97. The van der Waals surface area contributed by atoms with Gasteiger partial charge in [0, 0.05) is 83.8 Å². The normalized spacial score (nSPS) is 12.9. The van der Waals surface area contributed by atoms with Gasteiger partial charge >= 0.3 is 0 Å². The van der Waals surface area contributed by atoms with E-state index in [1.54, 1.807) is 36.8 Å². The van der Waals surface area contributed by atoms with Crippen LogP contribution >= 0.6 is 0 Å². The average molecular weight is 399 g/mol. The fourth-order valence-corrected chi connectivity index (χ4v) is 5.25. The minimum atomic E-state index is -0.658. The first-order chi connectivity index (χ1) is 14.7. The number of alkyl halides is 3. The molecular weight excluding hydrogens is 387 g/mol. The van der Waals surface area contributed by atoms with Crippen molar-refractivity contribution in [1.29, 1.82) is 0 Å². The van der Waals surface area contributed by atoms with Gasteiger partial charge in [-0.05, 0) is 18.2 Å². The van der Waals surface area contributed by atoms with Crippen LogP contribution in [0.5, 0.6) is 0 Å². The van der Waals surface area contributed by atoms with E-state index in [0.29, 0.717) is 33.2 Å². The number of rotatable bonds is 3. The molecule has 0 N–H and O–H groups in total. The summed E-state index contributed by atoms with van der Waals surface area (Å²) >= 11 is 0. The van der Waals surface area contributed by atoms with Gasteiger partial charge in [0.25, 0.3) is 0 Å². The third-order valence-electron chi connectivity index (χ3n) is 6.41. The molecule has 4 aromatic carbocycles. The van der Waals surface area contributed by atoms with Crippen molar-refractivity contribution in [3.63, 3.8) is 0 Å². The van der Waals surface area contributed by atoms with Crippen molar-refractivity contribution < 1.29 is 13.2 Å². The van der Waals surface area contributed by atoms with E-state index in [-0.39, 0.29) is 0 Å². The molecule has 0 amide bonds. The van der Waals surface area contributed by atoms with Crippen LogP contribution in [-0.4, -0.2) is 15.0 Å². The molecule has 6 heteroatoms. The highest BCUT2D eigenvalue weighted by Crippen LogP contribution is 2.48. The molecule has 144 valence electrons. The highest BCUT2D eigenvalue weighted by Gasteiger charge is 2.25. The van der Waals surface area contributed by atoms with E-state index in [1.807, 2.05) is 0 Å². The molecule has 0 fully saturated rings. The van der Waals surface area contributed by atoms with Crippen LogP contribution in [0.2, 0.25) is 0 Å². The zero-order valence-electron chi connectivity index (χ0n) is 15.6. The van der Waals surface area contributed by atoms with Crippen LogP contribution in [0.1, 0.15) is 16.7 Å². The van der Waals surface area contributed by atoms with Crippen LogP contribution in [0.4, 0.5) is 13.2 Å². The second kappa shape index (κ2) is 5.33. The minimum Gasteiger partial charge on any atom is -0.255 e. The van der Waals surface area contributed by atoms with Crippen LogP contribution in [0.3, 0.4) is 0 Å². The highest BCUT2D eigenvalue weighted by molar-refractivity contribution is 6.44. The molecule has 0 saturated carbocycles. The van der Waals surface area contributed by atoms with Crippen molar-refractivity contribution in [1.82, 2.24) is 15.0 Å². The van der Waals surface area contributed by atoms with Gasteiger partial charge in [-0.3, -0.25) is 15.0 Å². The van der Waals surface area contributed by atoms with Crippen LogP contribution in [0, 0.1) is 0 Å². The molecular formula is C24H12F3N3. The van der Waals surface area contributed by atoms with Crippen molar-refractivity contribution in [3.05, 3.63) is 53.5 Å². The average Bonchev–Trinajstić information content (AvgIpc) is 2.80. The van der Waals surface area contributed by atoms with Crippen molar-refractivity contribution in [2.45, 2.75) is 20.0 Å². The first kappa shape index (κ1) is 16.3. The Morgan fingerprint density at radius 3 is 1.03 bits per heavy atom. The predicted octanol–water partition coefficient (Wildman–Crippen LogP) is 6.51. The van der Waals surface area contributed by atoms with Crippen molar-refractivity contribution in [2.24, 2.45) is 0 Å². The van der Waals surface area contributed by atoms with Gasteiger partial charge in [-0.1, -0.05) is 0 Å². The molecule has 0 spiro atoms. The number of benzene rings is 4. The summed E-state index contributed by atoms with van der Waals surface area (Å²) < 4.78 is 41.8. The molecule has 7 rings (SSSR count). The third-order valence-corrected chi connectivity index (χ3v) is 6.41. The van der Waals surface area contributed by atoms with Gasteiger partial charge in [-0.2, -0.15) is 0 Å². The van der Waals surface area contributed by atoms with Gasteiger partial charge in [-0.25, -0.2) is 13.2 Å². The molecule has 0 aliphatic heterocycles. The van der Waals surface area contributed by atoms with Crippen LogP contribution < -0.4 is 0 Å². The van der Waals surface area contributed by atoms with Crippen molar-refractivity contribution in [3.8, 4) is 0 Å². The fraction of sp³-hybridized carbons (Fsp3) is 0.125. The molecule has 0 aliphatic rings. The summed E-state index contributed by atoms with van der Waals surface area (Å²) in [6, 6.07) is 5.32. The summed E-state index contributed by atoms with van der Waals surface area (Å²) in [5.74, 6) is 0. The Bertz CT molecular complexity index is 1520. The zero-order valence-corrected chi connectivity index (χ0v) is 15.6. The Kier molecular flexibility index (Phi) is 2.89. The topological polar surface area (TPSA) is 38.7 Å². The lowest BCUT2D eigenvalue weighted by atomic mass is 9.84. The SMILES string of the molecule is FCc1cc2cnc3c(CF)cc4cnc5c(CF)cc6cnc1c1c6c5c4c3c21. The molecule has 0 saturated heterocycles. The molecule has 3 heterocycles. The number of pyridine rings is 3. The molecule has 0 unspecified atom stereocenters. The summed E-state index contributed by atoms with van der Waals surface area (Å²) in [6.07, 6.45) is 5.04. The summed E-state index contributed by atoms with van der Waals surface area (Å²) in [5, 5.41) is 7.53. The predicted molar refractivity (Wildman–Crippen MR) is 113 cm³/mol. The van der Waals surface area contributed by atoms with Gasteiger partial charge in [0.15, 0.2) is 0 Å². The molecule has 3 nitrogen and oxygen atoms in total. The summed E-state index contributed by atoms with van der Waals surface area (Å²) in [4.78, 5) is 13.7. The number of halogens is 3. The Labute approximate surface area is 167 Å². The van der Waals surface area contributed by atoms with Gasteiger partial charge < -0.3 is 0 Å². The van der Waals surface area contributed by atoms with Crippen molar-refractivity contribution in [2.75, 3.05) is 0 Å². The van der Waals surface area contributed by atoms with E-state index in [9.17, 15) is 13.2 Å². The lowest BCUT2D eigenvalue weighted by Crippen LogP contribution is -2.01. The molecule has 30 heavy (non-hydrogen) atoms. The quantitative estimate of drug-likeness (QED) is 0.251. The molecule has 0 atom stereocenters. The first-order valence-corrected chi connectivity index (χ1v) is 9.66. The molecule has 0 bridgehead atoms. The largest absolute Gasteiger partial charge is 0.255 e. The maximum atomic E-state index is 13.9. The van der Waals surface area contributed by atoms with Gasteiger partial charge in [0.05, 0.1) is 16.6 Å². The second-order valence-corrected chi connectivity index (χ2v) is 7.85. The maximum Gasteiger partial charge on any atom is 0.117 e. The Hall–Kier alpha value is -3.54. The smallest absolute Gasteiger partial charge is 0.117 e. The van der Waals surface area contributed by atoms with Gasteiger partial charge in [-0.15, -0.1) is 0 Å². The van der Waals surface area contributed by atoms with Crippen LogP contribution in [-0.2, 0) is 20.0 Å². The van der Waals surface area contributed by atoms with E-state index < -0.39 is 20.0 Å². The molecule has 3 aromatic heterocycles. The third kappa shape index (κ3) is 1.68. The second-order valence-electron chi connectivity index (χ2n) is 7.85. The zero-order chi connectivity index (χ0) is 20.1. The van der Waals surface area contributed by atoms with Crippen LogP contribution in [0.25, 0.3) is 65.0 Å². The minimum absolute atomic E-state index is 0.480. The van der Waals surface area contributed by atoms with E-state index in [0.717, 1.165) is 48.5 Å².